The van der Waals surface area contributed by atoms with Crippen molar-refractivity contribution >= 4 is 15.9 Å². The van der Waals surface area contributed by atoms with Gasteiger partial charge in [-0.2, -0.15) is 8.42 Å². The lowest BCUT2D eigenvalue weighted by molar-refractivity contribution is -0.125. The highest BCUT2D eigenvalue weighted by molar-refractivity contribution is 7.86. The number of ketones is 1. The molecule has 0 radical (unpaired) electrons. The third-order valence-electron chi connectivity index (χ3n) is 4.21. The molecule has 136 valence electrons. The van der Waals surface area contributed by atoms with Crippen LogP contribution in [0.15, 0.2) is 17.0 Å². The molecule has 1 aromatic carbocycles. The van der Waals surface area contributed by atoms with Gasteiger partial charge in [0.1, 0.15) is 6.61 Å². The maximum Gasteiger partial charge on any atom is 0.297 e. The molecular weight excluding hydrogens is 324 g/mol. The summed E-state index contributed by atoms with van der Waals surface area (Å²) >= 11 is 0. The Bertz CT molecular complexity index is 639. The maximum absolute atomic E-state index is 12.5. The van der Waals surface area contributed by atoms with E-state index in [1.165, 1.54) is 0 Å². The molecule has 1 atom stereocenters. The Morgan fingerprint density at radius 1 is 1.04 bits per heavy atom. The zero-order valence-electron chi connectivity index (χ0n) is 15.5. The van der Waals surface area contributed by atoms with Crippen molar-refractivity contribution in [3.63, 3.8) is 0 Å². The van der Waals surface area contributed by atoms with Crippen molar-refractivity contribution in [1.82, 2.24) is 0 Å². The van der Waals surface area contributed by atoms with Crippen molar-refractivity contribution in [2.75, 3.05) is 6.61 Å². The molecule has 0 aromatic heterocycles. The lowest BCUT2D eigenvalue weighted by Gasteiger charge is -2.16. The van der Waals surface area contributed by atoms with Crippen LogP contribution in [0.1, 0.15) is 62.6 Å². The fourth-order valence-electron chi connectivity index (χ4n) is 3.14. The number of carbonyl (C=O) groups is 1. The Morgan fingerprint density at radius 3 is 2.12 bits per heavy atom. The minimum absolute atomic E-state index is 0.106. The van der Waals surface area contributed by atoms with Crippen molar-refractivity contribution in [1.29, 1.82) is 0 Å². The molecule has 0 aliphatic rings. The van der Waals surface area contributed by atoms with Gasteiger partial charge in [-0.25, -0.2) is 0 Å². The number of hydrogen-bond donors (Lipinski definition) is 0. The van der Waals surface area contributed by atoms with E-state index in [1.54, 1.807) is 13.8 Å². The molecule has 1 aromatic rings. The summed E-state index contributed by atoms with van der Waals surface area (Å²) in [7, 11) is -3.92. The van der Waals surface area contributed by atoms with Crippen LogP contribution in [0.2, 0.25) is 0 Å². The van der Waals surface area contributed by atoms with Gasteiger partial charge < -0.3 is 0 Å². The summed E-state index contributed by atoms with van der Waals surface area (Å²) in [6.45, 7) is 9.16. The smallest absolute Gasteiger partial charge is 0.297 e. The van der Waals surface area contributed by atoms with Gasteiger partial charge in [-0.3, -0.25) is 8.98 Å². The molecule has 0 N–H and O–H groups in total. The first-order chi connectivity index (χ1) is 11.2. The third-order valence-corrected chi connectivity index (χ3v) is 5.78. The minimum atomic E-state index is -3.92. The number of hydrogen-bond acceptors (Lipinski definition) is 4. The molecule has 0 fully saturated rings. The molecule has 0 bridgehead atoms. The average molecular weight is 355 g/mol. The second kappa shape index (κ2) is 9.33. The first-order valence-corrected chi connectivity index (χ1v) is 10.1. The SMILES string of the molecule is CCCCC(CCC)C(=O)COS(=O)(=O)c1c(C)cc(C)cc1C. The molecule has 1 unspecified atom stereocenters. The largest absolute Gasteiger partial charge is 0.297 e. The highest BCUT2D eigenvalue weighted by atomic mass is 32.2. The number of carbonyl (C=O) groups excluding carboxylic acids is 1. The molecule has 5 heteroatoms. The van der Waals surface area contributed by atoms with Crippen LogP contribution in [0.5, 0.6) is 0 Å². The molecule has 0 heterocycles. The van der Waals surface area contributed by atoms with Crippen LogP contribution < -0.4 is 0 Å². The number of Topliss-reactive ketones (excluding diaryl/α,β-unsaturated/α-hetero) is 1. The number of aryl methyl sites for hydroxylation is 3. The predicted octanol–water partition coefficient (Wildman–Crippen LogP) is 4.49. The molecule has 0 aliphatic heterocycles. The Hall–Kier alpha value is -1.20. The van der Waals surface area contributed by atoms with Crippen LogP contribution in [-0.2, 0) is 19.1 Å². The Morgan fingerprint density at radius 2 is 1.62 bits per heavy atom. The van der Waals surface area contributed by atoms with Crippen LogP contribution in [0.3, 0.4) is 0 Å². The van der Waals surface area contributed by atoms with Gasteiger partial charge in [-0.15, -0.1) is 0 Å². The van der Waals surface area contributed by atoms with Crippen LogP contribution in [0.4, 0.5) is 0 Å². The summed E-state index contributed by atoms with van der Waals surface area (Å²) in [5, 5.41) is 0. The van der Waals surface area contributed by atoms with E-state index in [4.69, 9.17) is 4.18 Å². The van der Waals surface area contributed by atoms with Gasteiger partial charge in [0.15, 0.2) is 5.78 Å². The molecule has 1 rings (SSSR count). The second-order valence-corrected chi connectivity index (χ2v) is 8.09. The van der Waals surface area contributed by atoms with E-state index in [9.17, 15) is 13.2 Å². The lowest BCUT2D eigenvalue weighted by Crippen LogP contribution is -2.23. The lowest BCUT2D eigenvalue weighted by atomic mass is 9.93. The number of unbranched alkanes of at least 4 members (excludes halogenated alkanes) is 1. The standard InChI is InChI=1S/C19H30O4S/c1-6-8-10-17(9-7-2)18(20)13-23-24(21,22)19-15(4)11-14(3)12-16(19)5/h11-12,17H,6-10,13H2,1-5H3. The second-order valence-electron chi connectivity index (χ2n) is 6.54. The van der Waals surface area contributed by atoms with E-state index in [0.717, 1.165) is 37.7 Å². The fraction of sp³-hybridized carbons (Fsp3) is 0.632. The van der Waals surface area contributed by atoms with Crippen molar-refractivity contribution in [2.45, 2.75) is 71.6 Å². The normalized spacial score (nSPS) is 13.0. The van der Waals surface area contributed by atoms with Gasteiger partial charge in [0.2, 0.25) is 0 Å². The van der Waals surface area contributed by atoms with E-state index in [0.29, 0.717) is 11.1 Å². The monoisotopic (exact) mass is 354 g/mol. The molecule has 0 aliphatic carbocycles. The zero-order valence-corrected chi connectivity index (χ0v) is 16.3. The summed E-state index contributed by atoms with van der Waals surface area (Å²) in [5.74, 6) is -0.221. The highest BCUT2D eigenvalue weighted by Crippen LogP contribution is 2.24. The van der Waals surface area contributed by atoms with Crippen LogP contribution in [0, 0.1) is 26.7 Å². The highest BCUT2D eigenvalue weighted by Gasteiger charge is 2.24. The van der Waals surface area contributed by atoms with E-state index in [-0.39, 0.29) is 23.2 Å². The van der Waals surface area contributed by atoms with E-state index in [1.807, 2.05) is 26.0 Å². The zero-order chi connectivity index (χ0) is 18.3. The Kier molecular flexibility index (Phi) is 8.10. The van der Waals surface area contributed by atoms with E-state index >= 15 is 0 Å². The summed E-state index contributed by atoms with van der Waals surface area (Å²) in [6.07, 6.45) is 4.48. The van der Waals surface area contributed by atoms with Crippen molar-refractivity contribution in [3.8, 4) is 0 Å². The topological polar surface area (TPSA) is 60.4 Å². The van der Waals surface area contributed by atoms with Crippen LogP contribution >= 0.6 is 0 Å². The minimum Gasteiger partial charge on any atom is -0.297 e. The van der Waals surface area contributed by atoms with E-state index < -0.39 is 10.1 Å². The summed E-state index contributed by atoms with van der Waals surface area (Å²) in [6, 6.07) is 3.62. The molecule has 0 saturated carbocycles. The van der Waals surface area contributed by atoms with Gasteiger partial charge in [0, 0.05) is 5.92 Å². The Balaban J connectivity index is 2.86. The molecule has 0 spiro atoms. The quantitative estimate of drug-likeness (QED) is 0.581. The molecule has 4 nitrogen and oxygen atoms in total. The summed E-state index contributed by atoms with van der Waals surface area (Å²) < 4.78 is 30.1. The number of rotatable bonds is 10. The predicted molar refractivity (Wildman–Crippen MR) is 96.7 cm³/mol. The summed E-state index contributed by atoms with van der Waals surface area (Å²) in [4.78, 5) is 12.5. The van der Waals surface area contributed by atoms with Crippen LogP contribution in [-0.4, -0.2) is 20.8 Å². The fourth-order valence-corrected chi connectivity index (χ4v) is 4.43. The van der Waals surface area contributed by atoms with Crippen molar-refractivity contribution in [3.05, 3.63) is 28.8 Å². The molecule has 0 saturated heterocycles. The van der Waals surface area contributed by atoms with Gasteiger partial charge in [-0.05, 0) is 44.7 Å². The third kappa shape index (κ3) is 5.71. The van der Waals surface area contributed by atoms with Gasteiger partial charge in [-0.1, -0.05) is 50.8 Å². The van der Waals surface area contributed by atoms with E-state index in [2.05, 4.69) is 6.92 Å². The van der Waals surface area contributed by atoms with Crippen molar-refractivity contribution in [2.24, 2.45) is 5.92 Å². The van der Waals surface area contributed by atoms with Gasteiger partial charge >= 0.3 is 0 Å². The van der Waals surface area contributed by atoms with Gasteiger partial charge in [0.05, 0.1) is 4.90 Å². The summed E-state index contributed by atoms with van der Waals surface area (Å²) in [5.41, 5.74) is 2.30. The average Bonchev–Trinajstić information content (AvgIpc) is 2.47. The van der Waals surface area contributed by atoms with Gasteiger partial charge in [0.25, 0.3) is 10.1 Å². The molecule has 24 heavy (non-hydrogen) atoms. The first-order valence-electron chi connectivity index (χ1n) is 8.72. The molecule has 0 amide bonds. The maximum atomic E-state index is 12.5. The Labute approximate surface area is 146 Å². The van der Waals surface area contributed by atoms with Crippen molar-refractivity contribution < 1.29 is 17.4 Å². The molecular formula is C19H30O4S. The van der Waals surface area contributed by atoms with Crippen LogP contribution in [0.25, 0.3) is 0 Å². The first kappa shape index (κ1) is 20.8. The number of benzene rings is 1.